The molecule has 0 aliphatic heterocycles. The SMILES string of the molecule is COC(=O)c1cccc(Cc2c(-c3ccccc3)[nH]c3cc(C(F)(F)F)ccc23)n1. The van der Waals surface area contributed by atoms with Crippen LogP contribution in [0.25, 0.3) is 22.2 Å². The van der Waals surface area contributed by atoms with E-state index in [1.165, 1.54) is 13.2 Å². The molecule has 1 N–H and O–H groups in total. The Hall–Kier alpha value is -3.61. The van der Waals surface area contributed by atoms with Crippen LogP contribution in [0.4, 0.5) is 13.2 Å². The third-order valence-electron chi connectivity index (χ3n) is 4.86. The largest absolute Gasteiger partial charge is 0.464 e. The zero-order valence-corrected chi connectivity index (χ0v) is 16.0. The fourth-order valence-corrected chi connectivity index (χ4v) is 3.44. The van der Waals surface area contributed by atoms with Crippen LogP contribution in [0.5, 0.6) is 0 Å². The topological polar surface area (TPSA) is 55.0 Å². The molecule has 2 heterocycles. The van der Waals surface area contributed by atoms with E-state index in [9.17, 15) is 18.0 Å². The number of carbonyl (C=O) groups excluding carboxylic acids is 1. The van der Waals surface area contributed by atoms with Crippen LogP contribution in [0.1, 0.15) is 27.3 Å². The van der Waals surface area contributed by atoms with E-state index in [4.69, 9.17) is 4.74 Å². The number of benzene rings is 2. The van der Waals surface area contributed by atoms with Gasteiger partial charge in [0.05, 0.1) is 18.4 Å². The lowest BCUT2D eigenvalue weighted by Gasteiger charge is -2.08. The van der Waals surface area contributed by atoms with Gasteiger partial charge in [-0.05, 0) is 35.4 Å². The van der Waals surface area contributed by atoms with Crippen LogP contribution in [0.2, 0.25) is 0 Å². The van der Waals surface area contributed by atoms with Gasteiger partial charge in [0.25, 0.3) is 0 Å². The Morgan fingerprint density at radius 2 is 1.80 bits per heavy atom. The van der Waals surface area contributed by atoms with E-state index < -0.39 is 17.7 Å². The van der Waals surface area contributed by atoms with Gasteiger partial charge in [0.1, 0.15) is 5.69 Å². The molecule has 0 aliphatic carbocycles. The minimum Gasteiger partial charge on any atom is -0.464 e. The first kappa shape index (κ1) is 19.7. The van der Waals surface area contributed by atoms with Gasteiger partial charge < -0.3 is 9.72 Å². The van der Waals surface area contributed by atoms with Gasteiger partial charge in [-0.1, -0.05) is 42.5 Å². The van der Waals surface area contributed by atoms with Gasteiger partial charge in [0.2, 0.25) is 0 Å². The second kappa shape index (κ2) is 7.67. The summed E-state index contributed by atoms with van der Waals surface area (Å²) in [6.45, 7) is 0. The first-order chi connectivity index (χ1) is 14.4. The number of nitrogens with zero attached hydrogens (tertiary/aromatic N) is 1. The monoisotopic (exact) mass is 410 g/mol. The molecule has 30 heavy (non-hydrogen) atoms. The quantitative estimate of drug-likeness (QED) is 0.444. The number of halogens is 3. The van der Waals surface area contributed by atoms with Crippen molar-refractivity contribution in [3.63, 3.8) is 0 Å². The molecule has 0 fully saturated rings. The zero-order valence-electron chi connectivity index (χ0n) is 16.0. The first-order valence-electron chi connectivity index (χ1n) is 9.18. The highest BCUT2D eigenvalue weighted by molar-refractivity contribution is 5.92. The Morgan fingerprint density at radius 1 is 1.03 bits per heavy atom. The Kier molecular flexibility index (Phi) is 5.03. The van der Waals surface area contributed by atoms with Crippen molar-refractivity contribution in [2.75, 3.05) is 7.11 Å². The van der Waals surface area contributed by atoms with Crippen LogP contribution < -0.4 is 0 Å². The number of methoxy groups -OCH3 is 1. The van der Waals surface area contributed by atoms with E-state index in [1.54, 1.807) is 18.2 Å². The van der Waals surface area contributed by atoms with E-state index in [2.05, 4.69) is 9.97 Å². The molecule has 0 atom stereocenters. The minimum atomic E-state index is -4.43. The molecule has 0 aliphatic rings. The van der Waals surface area contributed by atoms with Crippen molar-refractivity contribution in [1.29, 1.82) is 0 Å². The van der Waals surface area contributed by atoms with Crippen molar-refractivity contribution in [3.05, 3.63) is 89.2 Å². The minimum absolute atomic E-state index is 0.176. The number of nitrogens with one attached hydrogen (secondary N) is 1. The lowest BCUT2D eigenvalue weighted by molar-refractivity contribution is -0.137. The van der Waals surface area contributed by atoms with E-state index >= 15 is 0 Å². The third kappa shape index (κ3) is 3.78. The van der Waals surface area contributed by atoms with Crippen molar-refractivity contribution in [3.8, 4) is 11.3 Å². The molecule has 2 aromatic heterocycles. The molecular formula is C23H17F3N2O2. The number of hydrogen-bond donors (Lipinski definition) is 1. The number of H-pyrrole nitrogens is 1. The highest BCUT2D eigenvalue weighted by Gasteiger charge is 2.31. The standard InChI is InChI=1S/C23H17F3N2O2/c1-30-22(29)19-9-5-8-16(27-19)13-18-17-11-10-15(23(24,25)26)12-20(17)28-21(18)14-6-3-2-4-7-14/h2-12,28H,13H2,1H3. The van der Waals surface area contributed by atoms with Gasteiger partial charge in [-0.15, -0.1) is 0 Å². The second-order valence-corrected chi connectivity index (χ2v) is 6.79. The number of ether oxygens (including phenoxy) is 1. The van der Waals surface area contributed by atoms with Crippen LogP contribution in [-0.2, 0) is 17.3 Å². The number of esters is 1. The number of alkyl halides is 3. The fourth-order valence-electron chi connectivity index (χ4n) is 3.44. The van der Waals surface area contributed by atoms with Gasteiger partial charge in [0, 0.05) is 23.0 Å². The molecule has 0 radical (unpaired) electrons. The molecule has 152 valence electrons. The smallest absolute Gasteiger partial charge is 0.416 e. The summed E-state index contributed by atoms with van der Waals surface area (Å²) in [5.74, 6) is -0.547. The summed E-state index contributed by atoms with van der Waals surface area (Å²) in [6.07, 6.45) is -4.09. The molecule has 0 amide bonds. The fraction of sp³-hybridized carbons (Fsp3) is 0.130. The maximum absolute atomic E-state index is 13.2. The van der Waals surface area contributed by atoms with Crippen molar-refractivity contribution >= 4 is 16.9 Å². The maximum atomic E-state index is 13.2. The molecule has 4 rings (SSSR count). The predicted molar refractivity (Wildman–Crippen MR) is 107 cm³/mol. The van der Waals surface area contributed by atoms with Crippen molar-refractivity contribution in [2.45, 2.75) is 12.6 Å². The normalized spacial score (nSPS) is 11.6. The highest BCUT2D eigenvalue weighted by atomic mass is 19.4. The van der Waals surface area contributed by atoms with E-state index in [0.717, 1.165) is 29.0 Å². The number of pyridine rings is 1. The van der Waals surface area contributed by atoms with E-state index in [-0.39, 0.29) is 5.69 Å². The molecule has 0 saturated carbocycles. The summed E-state index contributed by atoms with van der Waals surface area (Å²) in [4.78, 5) is 19.3. The lowest BCUT2D eigenvalue weighted by atomic mass is 10.00. The van der Waals surface area contributed by atoms with Crippen LogP contribution in [0.3, 0.4) is 0 Å². The summed E-state index contributed by atoms with van der Waals surface area (Å²) in [6, 6.07) is 18.1. The molecule has 0 unspecified atom stereocenters. The predicted octanol–water partition coefficient (Wildman–Crippen LogP) is 5.63. The number of aromatic nitrogens is 2. The average molecular weight is 410 g/mol. The summed E-state index contributed by atoms with van der Waals surface area (Å²) in [5, 5.41) is 0.673. The van der Waals surface area contributed by atoms with Crippen molar-refractivity contribution in [2.24, 2.45) is 0 Å². The molecule has 4 aromatic rings. The number of rotatable bonds is 4. The summed E-state index contributed by atoms with van der Waals surface area (Å²) in [5.41, 5.74) is 2.83. The molecule has 0 saturated heterocycles. The van der Waals surface area contributed by atoms with Crippen LogP contribution in [-0.4, -0.2) is 23.0 Å². The Labute approximate surface area is 170 Å². The molecule has 2 aromatic carbocycles. The molecule has 4 nitrogen and oxygen atoms in total. The number of carbonyl (C=O) groups is 1. The maximum Gasteiger partial charge on any atom is 0.416 e. The van der Waals surface area contributed by atoms with Gasteiger partial charge in [0.15, 0.2) is 0 Å². The molecule has 0 spiro atoms. The Balaban J connectivity index is 1.86. The zero-order chi connectivity index (χ0) is 21.3. The van der Waals surface area contributed by atoms with Gasteiger partial charge in [-0.2, -0.15) is 13.2 Å². The third-order valence-corrected chi connectivity index (χ3v) is 4.86. The van der Waals surface area contributed by atoms with E-state index in [0.29, 0.717) is 23.0 Å². The van der Waals surface area contributed by atoms with E-state index in [1.807, 2.05) is 30.3 Å². The Bertz CT molecular complexity index is 1210. The van der Waals surface area contributed by atoms with Gasteiger partial charge in [-0.25, -0.2) is 9.78 Å². The average Bonchev–Trinajstić information content (AvgIpc) is 3.11. The Morgan fingerprint density at radius 3 is 2.50 bits per heavy atom. The van der Waals surface area contributed by atoms with Crippen LogP contribution in [0, 0.1) is 0 Å². The number of hydrogen-bond acceptors (Lipinski definition) is 3. The molecule has 0 bridgehead atoms. The van der Waals surface area contributed by atoms with Crippen molar-refractivity contribution in [1.82, 2.24) is 9.97 Å². The first-order valence-corrected chi connectivity index (χ1v) is 9.18. The van der Waals surface area contributed by atoms with Crippen molar-refractivity contribution < 1.29 is 22.7 Å². The summed E-state index contributed by atoms with van der Waals surface area (Å²) < 4.78 is 44.3. The van der Waals surface area contributed by atoms with Gasteiger partial charge in [-0.3, -0.25) is 0 Å². The van der Waals surface area contributed by atoms with Gasteiger partial charge >= 0.3 is 12.1 Å². The lowest BCUT2D eigenvalue weighted by Crippen LogP contribution is -2.06. The summed E-state index contributed by atoms with van der Waals surface area (Å²) in [7, 11) is 1.28. The molecular weight excluding hydrogens is 393 g/mol. The molecule has 7 heteroatoms. The number of aromatic amines is 1. The second-order valence-electron chi connectivity index (χ2n) is 6.79. The highest BCUT2D eigenvalue weighted by Crippen LogP contribution is 2.36. The number of fused-ring (bicyclic) bond motifs is 1. The summed E-state index contributed by atoms with van der Waals surface area (Å²) >= 11 is 0. The van der Waals surface area contributed by atoms with Crippen LogP contribution >= 0.6 is 0 Å². The van der Waals surface area contributed by atoms with Crippen LogP contribution in [0.15, 0.2) is 66.7 Å².